The molecule has 0 aliphatic carbocycles. The van der Waals surface area contributed by atoms with Gasteiger partial charge in [-0.05, 0) is 38.0 Å². The van der Waals surface area contributed by atoms with E-state index >= 15 is 0 Å². The molecule has 1 fully saturated rings. The summed E-state index contributed by atoms with van der Waals surface area (Å²) in [5.74, 6) is 1.33. The number of carbonyl (C=O) groups excluding carboxylic acids is 1. The maximum absolute atomic E-state index is 12.7. The van der Waals surface area contributed by atoms with E-state index in [1.165, 1.54) is 12.8 Å². The van der Waals surface area contributed by atoms with E-state index in [9.17, 15) is 4.79 Å². The summed E-state index contributed by atoms with van der Waals surface area (Å²) in [6.07, 6.45) is 6.60. The molecule has 1 heterocycles. The van der Waals surface area contributed by atoms with Crippen molar-refractivity contribution >= 4 is 11.9 Å². The lowest BCUT2D eigenvalue weighted by atomic mass is 9.90. The number of nitrogens with one attached hydrogen (secondary N) is 2. The van der Waals surface area contributed by atoms with E-state index in [1.54, 1.807) is 4.90 Å². The highest BCUT2D eigenvalue weighted by Crippen LogP contribution is 2.27. The lowest BCUT2D eigenvalue weighted by molar-refractivity contribution is -0.131. The molecule has 1 aliphatic heterocycles. The van der Waals surface area contributed by atoms with E-state index < -0.39 is 5.54 Å². The molecule has 0 bridgehead atoms. The van der Waals surface area contributed by atoms with Gasteiger partial charge in [0.05, 0.1) is 0 Å². The Bertz CT molecular complexity index is 367. The minimum absolute atomic E-state index is 0.0822. The van der Waals surface area contributed by atoms with E-state index in [4.69, 9.17) is 5.41 Å². The van der Waals surface area contributed by atoms with Crippen LogP contribution in [0.4, 0.5) is 0 Å². The standard InChI is InChI=1S/C17H33N3O/c1-6-8-10-14(9-7-2)12-20-15(21)17(5,11-13(3)4)19-16(20)18/h13-14H,6-12H2,1-5H3,(H2,18,19). The van der Waals surface area contributed by atoms with Gasteiger partial charge < -0.3 is 5.32 Å². The minimum Gasteiger partial charge on any atom is -0.342 e. The van der Waals surface area contributed by atoms with Gasteiger partial charge in [0.25, 0.3) is 5.91 Å². The van der Waals surface area contributed by atoms with Crippen LogP contribution in [0.5, 0.6) is 0 Å². The number of nitrogens with zero attached hydrogens (tertiary/aromatic N) is 1. The van der Waals surface area contributed by atoms with Gasteiger partial charge in [0.2, 0.25) is 0 Å². The van der Waals surface area contributed by atoms with E-state index in [-0.39, 0.29) is 5.91 Å². The van der Waals surface area contributed by atoms with Crippen LogP contribution in [0.1, 0.15) is 73.1 Å². The molecular weight excluding hydrogens is 262 g/mol. The highest BCUT2D eigenvalue weighted by atomic mass is 16.2. The fourth-order valence-corrected chi connectivity index (χ4v) is 3.40. The molecule has 0 radical (unpaired) electrons. The summed E-state index contributed by atoms with van der Waals surface area (Å²) in [5.41, 5.74) is -0.591. The predicted molar refractivity (Wildman–Crippen MR) is 88.4 cm³/mol. The van der Waals surface area contributed by atoms with Crippen molar-refractivity contribution in [3.63, 3.8) is 0 Å². The van der Waals surface area contributed by atoms with Crippen LogP contribution in [0.25, 0.3) is 0 Å². The molecule has 122 valence electrons. The van der Waals surface area contributed by atoms with Gasteiger partial charge in [0.1, 0.15) is 5.54 Å². The molecular formula is C17H33N3O. The highest BCUT2D eigenvalue weighted by Gasteiger charge is 2.46. The van der Waals surface area contributed by atoms with E-state index in [2.05, 4.69) is 33.0 Å². The fraction of sp³-hybridized carbons (Fsp3) is 0.882. The Morgan fingerprint density at radius 1 is 1.24 bits per heavy atom. The van der Waals surface area contributed by atoms with E-state index in [1.807, 2.05) is 6.92 Å². The number of guanidine groups is 1. The van der Waals surface area contributed by atoms with Gasteiger partial charge in [-0.25, -0.2) is 0 Å². The van der Waals surface area contributed by atoms with Crippen LogP contribution in [0, 0.1) is 17.2 Å². The second-order valence-corrected chi connectivity index (χ2v) is 7.12. The van der Waals surface area contributed by atoms with Crippen molar-refractivity contribution in [2.45, 2.75) is 78.7 Å². The molecule has 0 aromatic carbocycles. The van der Waals surface area contributed by atoms with Crippen LogP contribution >= 0.6 is 0 Å². The molecule has 0 aromatic rings. The maximum atomic E-state index is 12.7. The van der Waals surface area contributed by atoms with Crippen molar-refractivity contribution < 1.29 is 4.79 Å². The van der Waals surface area contributed by atoms with Gasteiger partial charge in [0, 0.05) is 6.54 Å². The molecule has 0 saturated carbocycles. The Morgan fingerprint density at radius 3 is 2.43 bits per heavy atom. The monoisotopic (exact) mass is 295 g/mol. The third kappa shape index (κ3) is 4.72. The molecule has 2 N–H and O–H groups in total. The lowest BCUT2D eigenvalue weighted by Gasteiger charge is -2.25. The lowest BCUT2D eigenvalue weighted by Crippen LogP contribution is -2.45. The zero-order valence-corrected chi connectivity index (χ0v) is 14.5. The molecule has 4 nitrogen and oxygen atoms in total. The largest absolute Gasteiger partial charge is 0.342 e. The Kier molecular flexibility index (Phi) is 6.69. The van der Waals surface area contributed by atoms with E-state index in [0.717, 1.165) is 25.7 Å². The molecule has 0 aromatic heterocycles. The third-order valence-electron chi connectivity index (χ3n) is 4.30. The molecule has 4 heteroatoms. The highest BCUT2D eigenvalue weighted by molar-refractivity contribution is 6.07. The van der Waals surface area contributed by atoms with Crippen LogP contribution < -0.4 is 5.32 Å². The van der Waals surface area contributed by atoms with Crippen molar-refractivity contribution in [1.82, 2.24) is 10.2 Å². The van der Waals surface area contributed by atoms with Crippen molar-refractivity contribution in [3.8, 4) is 0 Å². The second kappa shape index (κ2) is 7.81. The first-order valence-corrected chi connectivity index (χ1v) is 8.52. The molecule has 1 amide bonds. The molecule has 21 heavy (non-hydrogen) atoms. The molecule has 1 rings (SSSR count). The molecule has 0 spiro atoms. The van der Waals surface area contributed by atoms with Crippen molar-refractivity contribution in [3.05, 3.63) is 0 Å². The van der Waals surface area contributed by atoms with Gasteiger partial charge in [-0.3, -0.25) is 15.1 Å². The Hall–Kier alpha value is -1.06. The number of hydrogen-bond acceptors (Lipinski definition) is 2. The van der Waals surface area contributed by atoms with Crippen LogP contribution in [0.2, 0.25) is 0 Å². The number of unbranched alkanes of at least 4 members (excludes halogenated alkanes) is 1. The molecule has 2 atom stereocenters. The van der Waals surface area contributed by atoms with Gasteiger partial charge in [-0.2, -0.15) is 0 Å². The molecule has 2 unspecified atom stereocenters. The summed E-state index contributed by atoms with van der Waals surface area (Å²) in [6.45, 7) is 11.3. The summed E-state index contributed by atoms with van der Waals surface area (Å²) in [7, 11) is 0. The first-order chi connectivity index (χ1) is 9.84. The summed E-state index contributed by atoms with van der Waals surface area (Å²) in [4.78, 5) is 14.4. The van der Waals surface area contributed by atoms with Crippen molar-refractivity contribution in [2.75, 3.05) is 6.54 Å². The predicted octanol–water partition coefficient (Wildman–Crippen LogP) is 3.76. The third-order valence-corrected chi connectivity index (χ3v) is 4.30. The smallest absolute Gasteiger partial charge is 0.254 e. The van der Waals surface area contributed by atoms with Gasteiger partial charge in [-0.1, -0.05) is 47.0 Å². The van der Waals surface area contributed by atoms with Crippen LogP contribution in [-0.4, -0.2) is 28.9 Å². The average molecular weight is 295 g/mol. The first-order valence-electron chi connectivity index (χ1n) is 8.52. The molecule has 1 saturated heterocycles. The Morgan fingerprint density at radius 2 is 1.90 bits per heavy atom. The van der Waals surface area contributed by atoms with Crippen LogP contribution in [0.15, 0.2) is 0 Å². The minimum atomic E-state index is -0.591. The second-order valence-electron chi connectivity index (χ2n) is 7.12. The molecule has 1 aliphatic rings. The van der Waals surface area contributed by atoms with Crippen LogP contribution in [0.3, 0.4) is 0 Å². The van der Waals surface area contributed by atoms with E-state index in [0.29, 0.717) is 24.3 Å². The number of rotatable bonds is 9. The van der Waals surface area contributed by atoms with Crippen LogP contribution in [-0.2, 0) is 4.79 Å². The van der Waals surface area contributed by atoms with Crippen molar-refractivity contribution in [1.29, 1.82) is 5.41 Å². The summed E-state index contributed by atoms with van der Waals surface area (Å²) in [5, 5.41) is 11.3. The number of hydrogen-bond donors (Lipinski definition) is 2. The zero-order chi connectivity index (χ0) is 16.0. The average Bonchev–Trinajstić information content (AvgIpc) is 2.58. The Balaban J connectivity index is 2.73. The van der Waals surface area contributed by atoms with Gasteiger partial charge in [-0.15, -0.1) is 0 Å². The first kappa shape index (κ1) is 18.0. The van der Waals surface area contributed by atoms with Gasteiger partial charge in [0.15, 0.2) is 5.96 Å². The topological polar surface area (TPSA) is 56.2 Å². The zero-order valence-electron chi connectivity index (χ0n) is 14.5. The number of carbonyl (C=O) groups is 1. The fourth-order valence-electron chi connectivity index (χ4n) is 3.40. The summed E-state index contributed by atoms with van der Waals surface area (Å²) in [6, 6.07) is 0. The van der Waals surface area contributed by atoms with Gasteiger partial charge >= 0.3 is 0 Å². The summed E-state index contributed by atoms with van der Waals surface area (Å²) >= 11 is 0. The Labute approximate surface area is 130 Å². The van der Waals surface area contributed by atoms with Crippen molar-refractivity contribution in [2.24, 2.45) is 11.8 Å². The normalized spacial score (nSPS) is 23.8. The maximum Gasteiger partial charge on any atom is 0.254 e. The SMILES string of the molecule is CCCCC(CCC)CN1C(=N)NC(C)(CC(C)C)C1=O. The number of amides is 1. The quantitative estimate of drug-likeness (QED) is 0.680. The summed E-state index contributed by atoms with van der Waals surface area (Å²) < 4.78 is 0.